The zero-order valence-corrected chi connectivity index (χ0v) is 28.7. The molecule has 3 aromatic heterocycles. The topological polar surface area (TPSA) is 145 Å². The normalized spacial score (nSPS) is 13.5. The molecular weight excluding hydrogens is 766 g/mol. The van der Waals surface area contributed by atoms with E-state index in [-0.39, 0.29) is 28.2 Å². The van der Waals surface area contributed by atoms with E-state index < -0.39 is 29.7 Å². The van der Waals surface area contributed by atoms with Gasteiger partial charge < -0.3 is 33.2 Å². The number of halogens is 4. The average Bonchev–Trinajstić information content (AvgIpc) is 3.75. The third-order valence-corrected chi connectivity index (χ3v) is 8.86. The van der Waals surface area contributed by atoms with Crippen molar-refractivity contribution in [3.8, 4) is 34.3 Å². The van der Waals surface area contributed by atoms with Crippen LogP contribution in [0.2, 0.25) is 0 Å². The van der Waals surface area contributed by atoms with Crippen molar-refractivity contribution in [2.24, 2.45) is 7.05 Å². The molecule has 5 heterocycles. The van der Waals surface area contributed by atoms with Gasteiger partial charge in [-0.3, -0.25) is 4.68 Å². The molecule has 1 N–H and O–H groups in total. The van der Waals surface area contributed by atoms with E-state index in [9.17, 15) is 23.5 Å². The van der Waals surface area contributed by atoms with E-state index in [0.29, 0.717) is 64.1 Å². The Balaban J connectivity index is 0.000000177. The van der Waals surface area contributed by atoms with Crippen molar-refractivity contribution in [1.29, 1.82) is 0 Å². The lowest BCUT2D eigenvalue weighted by Crippen LogP contribution is -2.18. The van der Waals surface area contributed by atoms with Crippen molar-refractivity contribution in [3.63, 3.8) is 0 Å². The van der Waals surface area contributed by atoms with Crippen LogP contribution in [0, 0.1) is 11.6 Å². The standard InChI is InChI=1S/C18H16BrFN4O4.C13H10BrFN2O3/c1-23-12(3-4-21-23)16(25)15-14(18(26)27-2)22-17-9-7-10(19)11(20)8-13(9)28-6-5-24(15)17;1-19-13(18)10-6-17-2-3-20-11-5-9(15)8(14)4-7(11)12(17)16-10/h3-4,7-8,16,25H,5-6H2,1-2H3;4-6H,2-3H2,1H3. The molecule has 0 saturated carbocycles. The highest BCUT2D eigenvalue weighted by Crippen LogP contribution is 2.39. The Bertz CT molecular complexity index is 2060. The molecule has 48 heavy (non-hydrogen) atoms. The number of aliphatic hydroxyl groups excluding tert-OH is 1. The largest absolute Gasteiger partial charge is 0.491 e. The maximum absolute atomic E-state index is 14.0. The molecule has 0 spiro atoms. The van der Waals surface area contributed by atoms with Crippen LogP contribution in [0.5, 0.6) is 11.5 Å². The number of esters is 2. The van der Waals surface area contributed by atoms with Crippen LogP contribution in [0.15, 0.2) is 51.7 Å². The van der Waals surface area contributed by atoms with Gasteiger partial charge in [0.05, 0.1) is 58.8 Å². The van der Waals surface area contributed by atoms with Crippen molar-refractivity contribution >= 4 is 43.8 Å². The van der Waals surface area contributed by atoms with Crippen LogP contribution in [0.1, 0.15) is 38.5 Å². The van der Waals surface area contributed by atoms with Crippen LogP contribution < -0.4 is 9.47 Å². The number of imidazole rings is 2. The first-order valence-electron chi connectivity index (χ1n) is 14.3. The number of methoxy groups -OCH3 is 2. The van der Waals surface area contributed by atoms with Crippen LogP contribution in [-0.4, -0.2) is 73.4 Å². The number of benzene rings is 2. The molecule has 1 atom stereocenters. The second-order valence-electron chi connectivity index (χ2n) is 10.5. The Morgan fingerprint density at radius 2 is 1.52 bits per heavy atom. The van der Waals surface area contributed by atoms with E-state index in [1.54, 1.807) is 40.7 Å². The number of carbonyl (C=O) groups excluding carboxylic acids is 2. The Labute approximate surface area is 288 Å². The summed E-state index contributed by atoms with van der Waals surface area (Å²) < 4.78 is 53.8. The van der Waals surface area contributed by atoms with Gasteiger partial charge in [-0.25, -0.2) is 28.3 Å². The maximum Gasteiger partial charge on any atom is 0.358 e. The zero-order chi connectivity index (χ0) is 34.3. The molecule has 0 radical (unpaired) electrons. The van der Waals surface area contributed by atoms with E-state index in [4.69, 9.17) is 14.2 Å². The Kier molecular flexibility index (Phi) is 9.35. The summed E-state index contributed by atoms with van der Waals surface area (Å²) in [5.41, 5.74) is 2.08. The van der Waals surface area contributed by atoms with Gasteiger partial charge in [0.2, 0.25) is 0 Å². The molecule has 7 rings (SSSR count). The summed E-state index contributed by atoms with van der Waals surface area (Å²) in [5, 5.41) is 15.1. The molecule has 0 saturated heterocycles. The lowest BCUT2D eigenvalue weighted by Gasteiger charge is -2.15. The summed E-state index contributed by atoms with van der Waals surface area (Å²) in [6.45, 7) is 1.41. The number of fused-ring (bicyclic) bond motifs is 6. The number of nitrogens with zero attached hydrogens (tertiary/aromatic N) is 6. The third kappa shape index (κ3) is 6.08. The fourth-order valence-corrected chi connectivity index (χ4v) is 6.05. The predicted octanol–water partition coefficient (Wildman–Crippen LogP) is 5.08. The molecule has 2 aromatic carbocycles. The molecule has 0 bridgehead atoms. The van der Waals surface area contributed by atoms with Crippen molar-refractivity contribution in [2.45, 2.75) is 19.2 Å². The first kappa shape index (κ1) is 33.3. The van der Waals surface area contributed by atoms with Gasteiger partial charge in [-0.1, -0.05) is 0 Å². The summed E-state index contributed by atoms with van der Waals surface area (Å²) in [6, 6.07) is 7.35. The number of aryl methyl sites for hydroxylation is 1. The molecule has 0 aliphatic carbocycles. The first-order chi connectivity index (χ1) is 23.0. The van der Waals surface area contributed by atoms with Crippen molar-refractivity contribution in [3.05, 3.63) is 86.1 Å². The Hall–Kier alpha value is -4.61. The van der Waals surface area contributed by atoms with Crippen LogP contribution >= 0.6 is 31.9 Å². The highest BCUT2D eigenvalue weighted by molar-refractivity contribution is 9.10. The van der Waals surface area contributed by atoms with Crippen molar-refractivity contribution in [1.82, 2.24) is 28.9 Å². The van der Waals surface area contributed by atoms with Gasteiger partial charge in [0.25, 0.3) is 0 Å². The summed E-state index contributed by atoms with van der Waals surface area (Å²) in [7, 11) is 4.24. The molecule has 5 aromatic rings. The van der Waals surface area contributed by atoms with E-state index >= 15 is 0 Å². The lowest BCUT2D eigenvalue weighted by molar-refractivity contribution is 0.0582. The summed E-state index contributed by atoms with van der Waals surface area (Å²) in [4.78, 5) is 32.6. The van der Waals surface area contributed by atoms with Gasteiger partial charge in [-0.2, -0.15) is 5.10 Å². The highest BCUT2D eigenvalue weighted by atomic mass is 79.9. The first-order valence-corrected chi connectivity index (χ1v) is 15.9. The van der Waals surface area contributed by atoms with E-state index in [1.165, 1.54) is 37.1 Å². The number of ether oxygens (including phenoxy) is 4. The number of hydrogen-bond acceptors (Lipinski definition) is 10. The van der Waals surface area contributed by atoms with Crippen LogP contribution in [-0.2, 0) is 29.6 Å². The Morgan fingerprint density at radius 3 is 2.10 bits per heavy atom. The maximum atomic E-state index is 14.0. The summed E-state index contributed by atoms with van der Waals surface area (Å²) in [5.74, 6) is -0.411. The zero-order valence-electron chi connectivity index (χ0n) is 25.5. The van der Waals surface area contributed by atoms with Gasteiger partial charge in [-0.15, -0.1) is 0 Å². The van der Waals surface area contributed by atoms with E-state index in [0.717, 1.165) is 0 Å². The van der Waals surface area contributed by atoms with E-state index in [1.807, 2.05) is 0 Å². The smallest absolute Gasteiger partial charge is 0.358 e. The van der Waals surface area contributed by atoms with E-state index in [2.05, 4.69) is 51.7 Å². The van der Waals surface area contributed by atoms with Gasteiger partial charge in [0.1, 0.15) is 54.1 Å². The minimum atomic E-state index is -1.17. The van der Waals surface area contributed by atoms with Crippen molar-refractivity contribution < 1.29 is 42.4 Å². The molecule has 1 unspecified atom stereocenters. The highest BCUT2D eigenvalue weighted by Gasteiger charge is 2.33. The number of rotatable bonds is 4. The van der Waals surface area contributed by atoms with Crippen LogP contribution in [0.3, 0.4) is 0 Å². The summed E-state index contributed by atoms with van der Waals surface area (Å²) >= 11 is 6.31. The fourth-order valence-electron chi connectivity index (χ4n) is 5.36. The molecule has 17 heteroatoms. The quantitative estimate of drug-likeness (QED) is 0.245. The average molecular weight is 792 g/mol. The fraction of sp³-hybridized carbons (Fsp3) is 0.258. The minimum absolute atomic E-state index is 0.0144. The Morgan fingerprint density at radius 1 is 0.917 bits per heavy atom. The third-order valence-electron chi connectivity index (χ3n) is 7.64. The minimum Gasteiger partial charge on any atom is -0.491 e. The van der Waals surface area contributed by atoms with Crippen LogP contribution in [0.4, 0.5) is 8.78 Å². The van der Waals surface area contributed by atoms with Crippen LogP contribution in [0.25, 0.3) is 22.8 Å². The number of aromatic nitrogens is 6. The molecule has 13 nitrogen and oxygen atoms in total. The predicted molar refractivity (Wildman–Crippen MR) is 172 cm³/mol. The second kappa shape index (κ2) is 13.5. The molecule has 250 valence electrons. The van der Waals surface area contributed by atoms with Gasteiger partial charge >= 0.3 is 11.9 Å². The second-order valence-corrected chi connectivity index (χ2v) is 12.2. The number of hydrogen-bond donors (Lipinski definition) is 1. The number of carbonyl (C=O) groups is 2. The number of aliphatic hydroxyl groups is 1. The van der Waals surface area contributed by atoms with Gasteiger partial charge in [-0.05, 0) is 50.1 Å². The molecule has 2 aliphatic rings. The monoisotopic (exact) mass is 790 g/mol. The van der Waals surface area contributed by atoms with Gasteiger partial charge in [0.15, 0.2) is 11.4 Å². The SMILES string of the molecule is COC(=O)c1cn2c(n1)-c1cc(Br)c(F)cc1OCC2.COC(=O)c1nc2n(c1C(O)c1ccnn1C)CCOc1cc(F)c(Br)cc1-2. The van der Waals surface area contributed by atoms with Gasteiger partial charge in [0, 0.05) is 31.6 Å². The van der Waals surface area contributed by atoms with Crippen molar-refractivity contribution in [2.75, 3.05) is 27.4 Å². The lowest BCUT2D eigenvalue weighted by atomic mass is 10.1. The molecule has 0 fully saturated rings. The molecule has 0 amide bonds. The molecular formula is C31H26Br2F2N6O7. The summed E-state index contributed by atoms with van der Waals surface area (Å²) in [6.07, 6.45) is 1.99. The molecule has 2 aliphatic heterocycles.